The summed E-state index contributed by atoms with van der Waals surface area (Å²) in [6, 6.07) is 11.4. The number of hydrogen-bond acceptors (Lipinski definition) is 4. The maximum absolute atomic E-state index is 12.5. The maximum atomic E-state index is 12.5. The van der Waals surface area contributed by atoms with E-state index in [1.54, 1.807) is 12.1 Å². The van der Waals surface area contributed by atoms with E-state index in [-0.39, 0.29) is 6.01 Å². The monoisotopic (exact) mass is 317 g/mol. The largest absolute Gasteiger partial charge is 0.433 e. The molecule has 3 rings (SSSR count). The molecule has 0 aliphatic heterocycles. The van der Waals surface area contributed by atoms with Gasteiger partial charge in [-0.1, -0.05) is 24.3 Å². The first-order valence-corrected chi connectivity index (χ1v) is 6.61. The van der Waals surface area contributed by atoms with E-state index >= 15 is 0 Å². The van der Waals surface area contributed by atoms with Crippen molar-refractivity contribution in [1.82, 2.24) is 15.0 Å². The smallest absolute Gasteiger partial charge is 0.424 e. The van der Waals surface area contributed by atoms with Crippen LogP contribution in [0.2, 0.25) is 0 Å². The van der Waals surface area contributed by atoms with Crippen LogP contribution in [0.3, 0.4) is 0 Å². The molecule has 0 amide bonds. The number of benzene rings is 1. The second kappa shape index (κ2) is 6.04. The fourth-order valence-corrected chi connectivity index (χ4v) is 1.84. The van der Waals surface area contributed by atoms with Gasteiger partial charge in [0.15, 0.2) is 0 Å². The van der Waals surface area contributed by atoms with Crippen LogP contribution < -0.4 is 4.74 Å². The average molecular weight is 317 g/mol. The lowest BCUT2D eigenvalue weighted by Gasteiger charge is -2.07. The van der Waals surface area contributed by atoms with E-state index in [1.165, 1.54) is 18.5 Å². The Balaban J connectivity index is 1.77. The molecule has 3 aromatic rings. The van der Waals surface area contributed by atoms with Crippen molar-refractivity contribution in [3.8, 4) is 22.9 Å². The van der Waals surface area contributed by atoms with E-state index in [9.17, 15) is 13.2 Å². The predicted molar refractivity (Wildman–Crippen MR) is 76.8 cm³/mol. The molecule has 0 spiro atoms. The highest BCUT2D eigenvalue weighted by atomic mass is 19.4. The van der Waals surface area contributed by atoms with Crippen molar-refractivity contribution in [2.24, 2.45) is 0 Å². The van der Waals surface area contributed by atoms with Crippen LogP contribution in [0.5, 0.6) is 11.8 Å². The lowest BCUT2D eigenvalue weighted by molar-refractivity contribution is -0.141. The summed E-state index contributed by atoms with van der Waals surface area (Å²) in [7, 11) is 0. The zero-order chi connectivity index (χ0) is 16.3. The van der Waals surface area contributed by atoms with E-state index in [4.69, 9.17) is 4.74 Å². The zero-order valence-corrected chi connectivity index (χ0v) is 11.7. The molecular weight excluding hydrogens is 307 g/mol. The van der Waals surface area contributed by atoms with E-state index in [1.807, 2.05) is 18.2 Å². The second-order valence-corrected chi connectivity index (χ2v) is 4.60. The molecule has 0 saturated carbocycles. The Kier molecular flexibility index (Phi) is 3.92. The fraction of sp³-hybridized carbons (Fsp3) is 0.0625. The number of halogens is 3. The van der Waals surface area contributed by atoms with Crippen molar-refractivity contribution < 1.29 is 17.9 Å². The normalized spacial score (nSPS) is 11.3. The summed E-state index contributed by atoms with van der Waals surface area (Å²) in [5.41, 5.74) is 0.0992. The molecule has 0 saturated heterocycles. The third-order valence-corrected chi connectivity index (χ3v) is 2.97. The van der Waals surface area contributed by atoms with E-state index < -0.39 is 11.9 Å². The van der Waals surface area contributed by atoms with Gasteiger partial charge in [-0.05, 0) is 18.2 Å². The summed E-state index contributed by atoms with van der Waals surface area (Å²) >= 11 is 0. The first-order valence-electron chi connectivity index (χ1n) is 6.61. The van der Waals surface area contributed by atoms with E-state index in [2.05, 4.69) is 15.0 Å². The number of nitrogens with zero attached hydrogens (tertiary/aromatic N) is 3. The van der Waals surface area contributed by atoms with Gasteiger partial charge in [0, 0.05) is 29.7 Å². The minimum atomic E-state index is -4.46. The van der Waals surface area contributed by atoms with Crippen LogP contribution in [0.4, 0.5) is 13.2 Å². The van der Waals surface area contributed by atoms with Gasteiger partial charge < -0.3 is 4.74 Å². The Bertz CT molecular complexity index is 772. The molecule has 7 heteroatoms. The van der Waals surface area contributed by atoms with Gasteiger partial charge in [0.05, 0.1) is 0 Å². The van der Waals surface area contributed by atoms with Crippen LogP contribution in [0, 0.1) is 0 Å². The van der Waals surface area contributed by atoms with Crippen molar-refractivity contribution in [3.63, 3.8) is 0 Å². The zero-order valence-electron chi connectivity index (χ0n) is 11.7. The van der Waals surface area contributed by atoms with Gasteiger partial charge in [-0.15, -0.1) is 0 Å². The molecule has 2 heterocycles. The molecule has 0 aliphatic carbocycles. The second-order valence-electron chi connectivity index (χ2n) is 4.60. The van der Waals surface area contributed by atoms with Crippen molar-refractivity contribution >= 4 is 0 Å². The molecule has 2 aromatic heterocycles. The molecular formula is C16H10F3N3O. The molecule has 4 nitrogen and oxygen atoms in total. The van der Waals surface area contributed by atoms with Crippen molar-refractivity contribution in [3.05, 3.63) is 66.7 Å². The van der Waals surface area contributed by atoms with Crippen LogP contribution in [0.1, 0.15) is 5.69 Å². The lowest BCUT2D eigenvalue weighted by atomic mass is 10.1. The number of aromatic nitrogens is 3. The number of ether oxygens (including phenoxy) is 1. The molecule has 0 radical (unpaired) electrons. The minimum absolute atomic E-state index is 0.153. The minimum Gasteiger partial charge on any atom is -0.424 e. The Labute approximate surface area is 129 Å². The predicted octanol–water partition coefficient (Wildman–Crippen LogP) is 4.35. The number of para-hydroxylation sites is 1. The number of rotatable bonds is 3. The summed E-state index contributed by atoms with van der Waals surface area (Å²) in [6.07, 6.45) is -0.382. The lowest BCUT2D eigenvalue weighted by Crippen LogP contribution is -2.07. The molecule has 0 atom stereocenters. The molecule has 0 aliphatic rings. The highest BCUT2D eigenvalue weighted by molar-refractivity contribution is 5.60. The standard InChI is InChI=1S/C16H10F3N3O/c17-16(18,19)14-7-6-11(8-20-14)12-9-21-15(22-10-12)23-13-4-2-1-3-5-13/h1-10H. The van der Waals surface area contributed by atoms with E-state index in [0.29, 0.717) is 16.9 Å². The van der Waals surface area contributed by atoms with Gasteiger partial charge in [-0.25, -0.2) is 9.97 Å². The molecule has 116 valence electrons. The van der Waals surface area contributed by atoms with Gasteiger partial charge in [0.25, 0.3) is 0 Å². The van der Waals surface area contributed by atoms with Crippen LogP contribution in [0.25, 0.3) is 11.1 Å². The Hall–Kier alpha value is -2.96. The summed E-state index contributed by atoms with van der Waals surface area (Å²) in [5.74, 6) is 0.594. The number of pyridine rings is 1. The van der Waals surface area contributed by atoms with Gasteiger partial charge in [-0.3, -0.25) is 4.98 Å². The number of alkyl halides is 3. The van der Waals surface area contributed by atoms with Gasteiger partial charge >= 0.3 is 12.2 Å². The summed E-state index contributed by atoms with van der Waals surface area (Å²) in [6.45, 7) is 0. The molecule has 0 N–H and O–H groups in total. The SMILES string of the molecule is FC(F)(F)c1ccc(-c2cnc(Oc3ccccc3)nc2)cn1. The maximum Gasteiger partial charge on any atom is 0.433 e. The van der Waals surface area contributed by atoms with Crippen molar-refractivity contribution in [2.45, 2.75) is 6.18 Å². The van der Waals surface area contributed by atoms with Crippen molar-refractivity contribution in [2.75, 3.05) is 0 Å². The average Bonchev–Trinajstić information content (AvgIpc) is 2.56. The molecule has 1 aromatic carbocycles. The molecule has 0 bridgehead atoms. The summed E-state index contributed by atoms with van der Waals surface area (Å²) in [4.78, 5) is 11.5. The van der Waals surface area contributed by atoms with Crippen LogP contribution in [0.15, 0.2) is 61.1 Å². The fourth-order valence-electron chi connectivity index (χ4n) is 1.84. The summed E-state index contributed by atoms with van der Waals surface area (Å²) in [5, 5.41) is 0. The van der Waals surface area contributed by atoms with Crippen LogP contribution in [-0.2, 0) is 6.18 Å². The first kappa shape index (κ1) is 15.0. The number of hydrogen-bond donors (Lipinski definition) is 0. The Morgan fingerprint density at radius 3 is 1.96 bits per heavy atom. The molecule has 0 unspecified atom stereocenters. The first-order chi connectivity index (χ1) is 11.0. The Morgan fingerprint density at radius 1 is 0.739 bits per heavy atom. The summed E-state index contributed by atoms with van der Waals surface area (Å²) < 4.78 is 42.9. The topological polar surface area (TPSA) is 47.9 Å². The highest BCUT2D eigenvalue weighted by Gasteiger charge is 2.32. The molecule has 23 heavy (non-hydrogen) atoms. The van der Waals surface area contributed by atoms with E-state index in [0.717, 1.165) is 12.3 Å². The van der Waals surface area contributed by atoms with Crippen LogP contribution in [-0.4, -0.2) is 15.0 Å². The Morgan fingerprint density at radius 2 is 1.39 bits per heavy atom. The van der Waals surface area contributed by atoms with Crippen LogP contribution >= 0.6 is 0 Å². The quantitative estimate of drug-likeness (QED) is 0.720. The van der Waals surface area contributed by atoms with Gasteiger partial charge in [0.1, 0.15) is 11.4 Å². The third kappa shape index (κ3) is 3.63. The third-order valence-electron chi connectivity index (χ3n) is 2.97. The van der Waals surface area contributed by atoms with Gasteiger partial charge in [0.2, 0.25) is 0 Å². The highest BCUT2D eigenvalue weighted by Crippen LogP contribution is 2.29. The van der Waals surface area contributed by atoms with Gasteiger partial charge in [-0.2, -0.15) is 13.2 Å². The molecule has 0 fully saturated rings. The van der Waals surface area contributed by atoms with Crippen molar-refractivity contribution in [1.29, 1.82) is 0 Å².